The van der Waals surface area contributed by atoms with Crippen LogP contribution >= 0.6 is 46.5 Å². The molecule has 0 N–H and O–H groups in total. The molecule has 0 aliphatic rings. The molecule has 28 heavy (non-hydrogen) atoms. The Morgan fingerprint density at radius 3 is 2.54 bits per heavy atom. The van der Waals surface area contributed by atoms with Gasteiger partial charge in [0.15, 0.2) is 11.0 Å². The fourth-order valence-corrected chi connectivity index (χ4v) is 4.42. The van der Waals surface area contributed by atoms with E-state index in [0.717, 1.165) is 16.9 Å². The van der Waals surface area contributed by atoms with E-state index in [1.807, 2.05) is 53.1 Å². The molecule has 0 atom stereocenters. The predicted octanol–water partition coefficient (Wildman–Crippen LogP) is 5.39. The van der Waals surface area contributed by atoms with Gasteiger partial charge in [0.2, 0.25) is 0 Å². The van der Waals surface area contributed by atoms with Crippen LogP contribution in [0.15, 0.2) is 53.7 Å². The number of thioether (sulfide) groups is 1. The van der Waals surface area contributed by atoms with Crippen LogP contribution in [0.25, 0.3) is 17.1 Å². The van der Waals surface area contributed by atoms with Gasteiger partial charge in [0, 0.05) is 28.0 Å². The third-order valence-electron chi connectivity index (χ3n) is 3.91. The van der Waals surface area contributed by atoms with Gasteiger partial charge in [-0.3, -0.25) is 4.57 Å². The smallest absolute Gasteiger partial charge is 0.196 e. The number of benzene rings is 2. The van der Waals surface area contributed by atoms with Crippen LogP contribution in [-0.4, -0.2) is 31.5 Å². The van der Waals surface area contributed by atoms with Gasteiger partial charge in [0.1, 0.15) is 15.8 Å². The minimum atomic E-state index is 0.535. The number of rotatable bonds is 6. The highest BCUT2D eigenvalue weighted by atomic mass is 35.5. The SMILES string of the molecule is COc1ccccc1-c1nnc(SCc2nnsc2Cl)n1-c1ccc(Cl)cc1. The maximum Gasteiger partial charge on any atom is 0.196 e. The quantitative estimate of drug-likeness (QED) is 0.367. The van der Waals surface area contributed by atoms with Gasteiger partial charge in [-0.05, 0) is 36.4 Å². The second-order valence-corrected chi connectivity index (χ2v) is 8.34. The number of aromatic nitrogens is 5. The van der Waals surface area contributed by atoms with Crippen molar-refractivity contribution in [3.8, 4) is 22.8 Å². The summed E-state index contributed by atoms with van der Waals surface area (Å²) in [6, 6.07) is 15.2. The normalized spacial score (nSPS) is 11.0. The van der Waals surface area contributed by atoms with Crippen LogP contribution in [-0.2, 0) is 5.75 Å². The maximum absolute atomic E-state index is 6.13. The van der Waals surface area contributed by atoms with Crippen molar-refractivity contribution in [3.05, 3.63) is 63.6 Å². The lowest BCUT2D eigenvalue weighted by atomic mass is 10.2. The first-order chi connectivity index (χ1) is 13.7. The van der Waals surface area contributed by atoms with Crippen molar-refractivity contribution in [2.45, 2.75) is 10.9 Å². The molecule has 0 saturated heterocycles. The molecule has 2 aromatic heterocycles. The first kappa shape index (κ1) is 19.2. The summed E-state index contributed by atoms with van der Waals surface area (Å²) >= 11 is 14.8. The van der Waals surface area contributed by atoms with E-state index in [4.69, 9.17) is 27.9 Å². The first-order valence-electron chi connectivity index (χ1n) is 8.11. The number of hydrogen-bond acceptors (Lipinski definition) is 7. The van der Waals surface area contributed by atoms with E-state index in [-0.39, 0.29) is 0 Å². The third kappa shape index (κ3) is 3.86. The van der Waals surface area contributed by atoms with Gasteiger partial charge >= 0.3 is 0 Å². The number of halogens is 2. The van der Waals surface area contributed by atoms with Gasteiger partial charge < -0.3 is 4.74 Å². The molecule has 10 heteroatoms. The summed E-state index contributed by atoms with van der Waals surface area (Å²) in [4.78, 5) is 0. The Balaban J connectivity index is 1.79. The lowest BCUT2D eigenvalue weighted by Crippen LogP contribution is -2.01. The van der Waals surface area contributed by atoms with Crippen molar-refractivity contribution in [2.75, 3.05) is 7.11 Å². The lowest BCUT2D eigenvalue weighted by Gasteiger charge is -2.12. The summed E-state index contributed by atoms with van der Waals surface area (Å²) in [7, 11) is 1.63. The van der Waals surface area contributed by atoms with Crippen LogP contribution < -0.4 is 4.74 Å². The van der Waals surface area contributed by atoms with Gasteiger partial charge in [-0.15, -0.1) is 15.3 Å². The maximum atomic E-state index is 6.13. The monoisotopic (exact) mass is 449 g/mol. The number of ether oxygens (including phenoxy) is 1. The molecular formula is C18H13Cl2N5OS2. The molecule has 0 unspecified atom stereocenters. The summed E-state index contributed by atoms with van der Waals surface area (Å²) in [6.45, 7) is 0. The van der Waals surface area contributed by atoms with Crippen LogP contribution in [0.4, 0.5) is 0 Å². The van der Waals surface area contributed by atoms with Crippen LogP contribution in [0.3, 0.4) is 0 Å². The van der Waals surface area contributed by atoms with Crippen LogP contribution in [0.1, 0.15) is 5.69 Å². The van der Waals surface area contributed by atoms with Gasteiger partial charge in [-0.2, -0.15) is 0 Å². The fraction of sp³-hybridized carbons (Fsp3) is 0.111. The van der Waals surface area contributed by atoms with Crippen molar-refractivity contribution >= 4 is 46.5 Å². The standard InChI is InChI=1S/C18H13Cl2N5OS2/c1-26-15-5-3-2-4-13(15)17-22-23-18(27-10-14-16(20)28-24-21-14)25(17)12-8-6-11(19)7-9-12/h2-9H,10H2,1H3. The summed E-state index contributed by atoms with van der Waals surface area (Å²) < 4.78 is 11.9. The van der Waals surface area contributed by atoms with Crippen molar-refractivity contribution in [2.24, 2.45) is 0 Å². The van der Waals surface area contributed by atoms with Crippen LogP contribution in [0.2, 0.25) is 9.36 Å². The van der Waals surface area contributed by atoms with E-state index in [1.54, 1.807) is 7.11 Å². The highest BCUT2D eigenvalue weighted by molar-refractivity contribution is 7.98. The molecule has 0 aliphatic carbocycles. The largest absolute Gasteiger partial charge is 0.496 e. The van der Waals surface area contributed by atoms with Crippen molar-refractivity contribution in [1.29, 1.82) is 0 Å². The Morgan fingerprint density at radius 1 is 1.04 bits per heavy atom. The molecule has 6 nitrogen and oxygen atoms in total. The molecule has 0 saturated carbocycles. The molecule has 0 fully saturated rings. The Morgan fingerprint density at radius 2 is 1.82 bits per heavy atom. The Hall–Kier alpha value is -2.13. The second-order valence-electron chi connectivity index (χ2n) is 5.60. The van der Waals surface area contributed by atoms with Crippen LogP contribution in [0.5, 0.6) is 5.75 Å². The van der Waals surface area contributed by atoms with Crippen molar-refractivity contribution in [3.63, 3.8) is 0 Å². The molecular weight excluding hydrogens is 437 g/mol. The average Bonchev–Trinajstić information content (AvgIpc) is 3.33. The summed E-state index contributed by atoms with van der Waals surface area (Å²) in [5.74, 6) is 1.92. The fourth-order valence-electron chi connectivity index (χ4n) is 2.61. The molecule has 0 bridgehead atoms. The zero-order chi connectivity index (χ0) is 19.5. The Bertz CT molecular complexity index is 1100. The molecule has 4 aromatic rings. The van der Waals surface area contributed by atoms with E-state index in [9.17, 15) is 0 Å². The molecule has 0 aliphatic heterocycles. The zero-order valence-electron chi connectivity index (χ0n) is 14.5. The molecule has 0 amide bonds. The molecule has 0 spiro atoms. The third-order valence-corrected chi connectivity index (χ3v) is 6.09. The molecule has 2 heterocycles. The number of nitrogens with zero attached hydrogens (tertiary/aromatic N) is 5. The number of para-hydroxylation sites is 1. The Kier molecular flexibility index (Phi) is 5.82. The lowest BCUT2D eigenvalue weighted by molar-refractivity contribution is 0.416. The number of hydrogen-bond donors (Lipinski definition) is 0. The van der Waals surface area contributed by atoms with E-state index in [1.165, 1.54) is 23.3 Å². The van der Waals surface area contributed by atoms with Crippen molar-refractivity contribution in [1.82, 2.24) is 24.4 Å². The summed E-state index contributed by atoms with van der Waals surface area (Å²) in [6.07, 6.45) is 0. The van der Waals surface area contributed by atoms with E-state index in [2.05, 4.69) is 19.8 Å². The van der Waals surface area contributed by atoms with Gasteiger partial charge in [-0.1, -0.05) is 51.6 Å². The predicted molar refractivity (Wildman–Crippen MR) is 113 cm³/mol. The highest BCUT2D eigenvalue weighted by Gasteiger charge is 2.19. The second kappa shape index (κ2) is 8.48. The molecule has 0 radical (unpaired) electrons. The Labute approximate surface area is 179 Å². The minimum Gasteiger partial charge on any atom is -0.496 e. The summed E-state index contributed by atoms with van der Waals surface area (Å²) in [5, 5.41) is 14.2. The molecule has 2 aromatic carbocycles. The topological polar surface area (TPSA) is 65.7 Å². The van der Waals surface area contributed by atoms with Crippen LogP contribution in [0, 0.1) is 0 Å². The van der Waals surface area contributed by atoms with Gasteiger partial charge in [0.05, 0.1) is 12.7 Å². The highest BCUT2D eigenvalue weighted by Crippen LogP contribution is 2.35. The first-order valence-corrected chi connectivity index (χ1v) is 10.6. The van der Waals surface area contributed by atoms with E-state index in [0.29, 0.717) is 31.8 Å². The van der Waals surface area contributed by atoms with Gasteiger partial charge in [-0.25, -0.2) is 0 Å². The van der Waals surface area contributed by atoms with Gasteiger partial charge in [0.25, 0.3) is 0 Å². The summed E-state index contributed by atoms with van der Waals surface area (Å²) in [5.41, 5.74) is 2.45. The van der Waals surface area contributed by atoms with Crippen molar-refractivity contribution < 1.29 is 4.74 Å². The number of methoxy groups -OCH3 is 1. The van der Waals surface area contributed by atoms with E-state index >= 15 is 0 Å². The minimum absolute atomic E-state index is 0.535. The molecule has 4 rings (SSSR count). The zero-order valence-corrected chi connectivity index (χ0v) is 17.7. The molecule has 142 valence electrons. The average molecular weight is 450 g/mol. The van der Waals surface area contributed by atoms with E-state index < -0.39 is 0 Å².